The van der Waals surface area contributed by atoms with Gasteiger partial charge >= 0.3 is 0 Å². The number of rotatable bonds is 2. The first-order chi connectivity index (χ1) is 13.1. The molecule has 0 aliphatic carbocycles. The fourth-order valence-corrected chi connectivity index (χ4v) is 4.15. The molecule has 0 fully saturated rings. The first-order valence-electron chi connectivity index (χ1n) is 8.89. The fraction of sp³-hybridized carbons (Fsp3) is 0.250. The van der Waals surface area contributed by atoms with Crippen LogP contribution in [0.3, 0.4) is 0 Å². The molecule has 6 nitrogen and oxygen atoms in total. The Morgan fingerprint density at radius 3 is 2.63 bits per heavy atom. The first kappa shape index (κ1) is 17.6. The van der Waals surface area contributed by atoms with E-state index in [0.717, 1.165) is 34.7 Å². The summed E-state index contributed by atoms with van der Waals surface area (Å²) in [4.78, 5) is 37.0. The number of carbonyl (C=O) groups is 3. The fourth-order valence-electron chi connectivity index (χ4n) is 3.22. The molecule has 0 atom stereocenters. The summed E-state index contributed by atoms with van der Waals surface area (Å²) in [7, 11) is 0. The summed E-state index contributed by atoms with van der Waals surface area (Å²) in [5.41, 5.74) is 3.67. The monoisotopic (exact) mass is 381 g/mol. The van der Waals surface area contributed by atoms with Gasteiger partial charge in [0.15, 0.2) is 0 Å². The minimum atomic E-state index is -0.237. The van der Waals surface area contributed by atoms with Gasteiger partial charge in [0.05, 0.1) is 5.69 Å². The normalized spacial score (nSPS) is 16.1. The van der Waals surface area contributed by atoms with Gasteiger partial charge in [0.1, 0.15) is 0 Å². The summed E-state index contributed by atoms with van der Waals surface area (Å²) < 4.78 is 0. The Bertz CT molecular complexity index is 942. The van der Waals surface area contributed by atoms with Crippen LogP contribution in [0.2, 0.25) is 0 Å². The van der Waals surface area contributed by atoms with Crippen molar-refractivity contribution >= 4 is 46.5 Å². The lowest BCUT2D eigenvalue weighted by Crippen LogP contribution is -2.14. The molecule has 0 spiro atoms. The van der Waals surface area contributed by atoms with Crippen molar-refractivity contribution in [1.82, 2.24) is 0 Å². The SMILES string of the molecule is O=C1CCCc2cc(NC(=O)c3ccc4c(c3)NC(=O)CCS4)ccc2N1. The van der Waals surface area contributed by atoms with Crippen molar-refractivity contribution < 1.29 is 14.4 Å². The molecule has 0 unspecified atom stereocenters. The van der Waals surface area contributed by atoms with E-state index in [0.29, 0.717) is 29.8 Å². The molecule has 138 valence electrons. The van der Waals surface area contributed by atoms with Crippen molar-refractivity contribution in [2.45, 2.75) is 30.6 Å². The number of thioether (sulfide) groups is 1. The van der Waals surface area contributed by atoms with E-state index in [2.05, 4.69) is 16.0 Å². The van der Waals surface area contributed by atoms with Crippen LogP contribution in [0.1, 0.15) is 35.2 Å². The van der Waals surface area contributed by atoms with Crippen molar-refractivity contribution in [3.8, 4) is 0 Å². The van der Waals surface area contributed by atoms with E-state index in [9.17, 15) is 14.4 Å². The minimum absolute atomic E-state index is 0.0235. The Morgan fingerprint density at radius 1 is 0.926 bits per heavy atom. The summed E-state index contributed by atoms with van der Waals surface area (Å²) in [5.74, 6) is 0.483. The van der Waals surface area contributed by atoms with Gasteiger partial charge in [0, 0.05) is 40.4 Å². The smallest absolute Gasteiger partial charge is 0.255 e. The molecule has 0 bridgehead atoms. The summed E-state index contributed by atoms with van der Waals surface area (Å²) in [6, 6.07) is 10.9. The Hall–Kier alpha value is -2.80. The number of hydrogen-bond acceptors (Lipinski definition) is 4. The van der Waals surface area contributed by atoms with Gasteiger partial charge in [-0.1, -0.05) is 0 Å². The highest BCUT2D eigenvalue weighted by Crippen LogP contribution is 2.32. The molecule has 2 aromatic rings. The molecule has 7 heteroatoms. The average molecular weight is 381 g/mol. The molecule has 2 heterocycles. The van der Waals surface area contributed by atoms with Crippen molar-refractivity contribution in [2.75, 3.05) is 21.7 Å². The lowest BCUT2D eigenvalue weighted by molar-refractivity contribution is -0.116. The molecule has 0 saturated heterocycles. The molecule has 4 rings (SSSR count). The highest BCUT2D eigenvalue weighted by Gasteiger charge is 2.17. The number of benzene rings is 2. The Morgan fingerprint density at radius 2 is 1.74 bits per heavy atom. The molecule has 3 N–H and O–H groups in total. The van der Waals surface area contributed by atoms with Crippen LogP contribution in [0.25, 0.3) is 0 Å². The van der Waals surface area contributed by atoms with Crippen LogP contribution >= 0.6 is 11.8 Å². The molecule has 2 aliphatic heterocycles. The van der Waals surface area contributed by atoms with Crippen LogP contribution in [0.4, 0.5) is 17.1 Å². The Labute approximate surface area is 161 Å². The molecular weight excluding hydrogens is 362 g/mol. The number of aryl methyl sites for hydroxylation is 1. The topological polar surface area (TPSA) is 87.3 Å². The van der Waals surface area contributed by atoms with E-state index in [4.69, 9.17) is 0 Å². The van der Waals surface area contributed by atoms with E-state index in [1.165, 1.54) is 0 Å². The number of nitrogens with one attached hydrogen (secondary N) is 3. The van der Waals surface area contributed by atoms with E-state index in [1.54, 1.807) is 30.0 Å². The lowest BCUT2D eigenvalue weighted by Gasteiger charge is -2.12. The number of fused-ring (bicyclic) bond motifs is 2. The second-order valence-electron chi connectivity index (χ2n) is 6.59. The average Bonchev–Trinajstić information content (AvgIpc) is 2.94. The number of anilines is 3. The zero-order chi connectivity index (χ0) is 18.8. The number of hydrogen-bond donors (Lipinski definition) is 3. The van der Waals surface area contributed by atoms with Gasteiger partial charge in [0.2, 0.25) is 11.8 Å². The van der Waals surface area contributed by atoms with Gasteiger partial charge in [-0.3, -0.25) is 14.4 Å². The third-order valence-corrected chi connectivity index (χ3v) is 5.66. The van der Waals surface area contributed by atoms with E-state index in [-0.39, 0.29) is 17.7 Å². The molecule has 2 aromatic carbocycles. The Kier molecular flexibility index (Phi) is 4.85. The van der Waals surface area contributed by atoms with E-state index >= 15 is 0 Å². The van der Waals surface area contributed by atoms with Gasteiger partial charge in [-0.25, -0.2) is 0 Å². The molecule has 0 radical (unpaired) electrons. The van der Waals surface area contributed by atoms with Crippen molar-refractivity contribution in [2.24, 2.45) is 0 Å². The van der Waals surface area contributed by atoms with E-state index in [1.807, 2.05) is 18.2 Å². The second-order valence-corrected chi connectivity index (χ2v) is 7.72. The van der Waals surface area contributed by atoms with Crippen LogP contribution in [-0.2, 0) is 16.0 Å². The van der Waals surface area contributed by atoms with Crippen LogP contribution in [0.5, 0.6) is 0 Å². The van der Waals surface area contributed by atoms with Gasteiger partial charge in [-0.15, -0.1) is 11.8 Å². The summed E-state index contributed by atoms with van der Waals surface area (Å²) in [6.45, 7) is 0. The van der Waals surface area contributed by atoms with Crippen LogP contribution in [-0.4, -0.2) is 23.5 Å². The summed E-state index contributed by atoms with van der Waals surface area (Å²) in [6.07, 6.45) is 2.56. The summed E-state index contributed by atoms with van der Waals surface area (Å²) >= 11 is 1.61. The third-order valence-electron chi connectivity index (χ3n) is 4.59. The number of carbonyl (C=O) groups excluding carboxylic acids is 3. The zero-order valence-electron chi connectivity index (χ0n) is 14.6. The van der Waals surface area contributed by atoms with E-state index < -0.39 is 0 Å². The van der Waals surface area contributed by atoms with Gasteiger partial charge in [0.25, 0.3) is 5.91 Å². The predicted molar refractivity (Wildman–Crippen MR) is 106 cm³/mol. The van der Waals surface area contributed by atoms with Crippen molar-refractivity contribution in [3.05, 3.63) is 47.5 Å². The van der Waals surface area contributed by atoms with Crippen LogP contribution in [0, 0.1) is 0 Å². The minimum Gasteiger partial charge on any atom is -0.326 e. The summed E-state index contributed by atoms with van der Waals surface area (Å²) in [5, 5.41) is 8.64. The quantitative estimate of drug-likeness (QED) is 0.741. The van der Waals surface area contributed by atoms with Gasteiger partial charge in [-0.05, 0) is 54.8 Å². The molecule has 27 heavy (non-hydrogen) atoms. The van der Waals surface area contributed by atoms with Gasteiger partial charge in [-0.2, -0.15) is 0 Å². The molecule has 3 amide bonds. The molecule has 2 aliphatic rings. The van der Waals surface area contributed by atoms with Crippen LogP contribution in [0.15, 0.2) is 41.3 Å². The standard InChI is InChI=1S/C20H19N3O3S/c24-18-3-1-2-12-10-14(5-6-15(12)22-18)21-20(26)13-4-7-17-16(11-13)23-19(25)8-9-27-17/h4-7,10-11H,1-3,8-9H2,(H,21,26)(H,22,24)(H,23,25). The number of amides is 3. The molecule has 0 aromatic heterocycles. The maximum absolute atomic E-state index is 12.7. The maximum atomic E-state index is 12.7. The molecule has 0 saturated carbocycles. The maximum Gasteiger partial charge on any atom is 0.255 e. The Balaban J connectivity index is 1.53. The highest BCUT2D eigenvalue weighted by atomic mass is 32.2. The molecular formula is C20H19N3O3S. The third kappa shape index (κ3) is 3.98. The first-order valence-corrected chi connectivity index (χ1v) is 9.88. The predicted octanol–water partition coefficient (Wildman–Crippen LogP) is 3.65. The zero-order valence-corrected chi connectivity index (χ0v) is 15.4. The lowest BCUT2D eigenvalue weighted by atomic mass is 10.1. The highest BCUT2D eigenvalue weighted by molar-refractivity contribution is 7.99. The van der Waals surface area contributed by atoms with Gasteiger partial charge < -0.3 is 16.0 Å². The van der Waals surface area contributed by atoms with Crippen LogP contribution < -0.4 is 16.0 Å². The van der Waals surface area contributed by atoms with Crippen molar-refractivity contribution in [1.29, 1.82) is 0 Å². The second kappa shape index (κ2) is 7.44. The largest absolute Gasteiger partial charge is 0.326 e. The van der Waals surface area contributed by atoms with Crippen molar-refractivity contribution in [3.63, 3.8) is 0 Å².